The Morgan fingerprint density at radius 1 is 1.00 bits per heavy atom. The molecule has 0 fully saturated rings. The predicted molar refractivity (Wildman–Crippen MR) is 125 cm³/mol. The third-order valence-corrected chi connectivity index (χ3v) is 8.54. The van der Waals surface area contributed by atoms with Crippen LogP contribution in [0.5, 0.6) is 5.75 Å². The minimum Gasteiger partial charge on any atom is -0.497 e. The molecule has 166 valence electrons. The number of para-hydroxylation sites is 1. The van der Waals surface area contributed by atoms with Gasteiger partial charge in [0, 0.05) is 35.5 Å². The molecule has 32 heavy (non-hydrogen) atoms. The van der Waals surface area contributed by atoms with E-state index in [1.165, 1.54) is 0 Å². The van der Waals surface area contributed by atoms with Gasteiger partial charge >= 0.3 is 0 Å². The molecule has 0 aromatic heterocycles. The fraction of sp³-hybridized carbons (Fsp3) is 0.346. The van der Waals surface area contributed by atoms with Crippen LogP contribution in [0.3, 0.4) is 0 Å². The van der Waals surface area contributed by atoms with Crippen molar-refractivity contribution in [2.45, 2.75) is 39.0 Å². The highest BCUT2D eigenvalue weighted by molar-refractivity contribution is 7.95. The molecule has 0 spiro atoms. The number of methoxy groups -OCH3 is 1. The minimum absolute atomic E-state index is 0.0265. The second kappa shape index (κ2) is 7.34. The number of Topliss-reactive ketones (excluding diaryl/α,β-unsaturated/α-hetero) is 1. The number of carbonyl (C=O) groups excluding carboxylic acids is 1. The molecule has 6 heteroatoms. The Morgan fingerprint density at radius 2 is 1.75 bits per heavy atom. The molecule has 0 amide bonds. The Bertz CT molecular complexity index is 1270. The molecule has 1 aliphatic carbocycles. The van der Waals surface area contributed by atoms with Crippen molar-refractivity contribution in [3.63, 3.8) is 0 Å². The summed E-state index contributed by atoms with van der Waals surface area (Å²) in [5.74, 6) is 0.153. The van der Waals surface area contributed by atoms with E-state index in [0.717, 1.165) is 22.6 Å². The molecule has 0 radical (unpaired) electrons. The van der Waals surface area contributed by atoms with Gasteiger partial charge in [0.2, 0.25) is 0 Å². The molecule has 0 unspecified atom stereocenters. The van der Waals surface area contributed by atoms with E-state index >= 15 is 0 Å². The van der Waals surface area contributed by atoms with Crippen molar-refractivity contribution in [2.24, 2.45) is 5.41 Å². The Balaban J connectivity index is 1.83. The van der Waals surface area contributed by atoms with Crippen LogP contribution in [0.2, 0.25) is 0 Å². The molecule has 2 aromatic rings. The van der Waals surface area contributed by atoms with E-state index in [2.05, 4.69) is 18.7 Å². The summed E-state index contributed by atoms with van der Waals surface area (Å²) in [4.78, 5) is 16.1. The number of ether oxygens (including phenoxy) is 1. The van der Waals surface area contributed by atoms with Crippen molar-refractivity contribution in [1.29, 1.82) is 0 Å². The van der Waals surface area contributed by atoms with Crippen LogP contribution in [-0.4, -0.2) is 27.1 Å². The van der Waals surface area contributed by atoms with E-state index in [1.807, 2.05) is 54.6 Å². The van der Waals surface area contributed by atoms with Crippen LogP contribution in [-0.2, 0) is 14.6 Å². The number of carbonyl (C=O) groups is 1. The maximum Gasteiger partial charge on any atom is 0.177 e. The summed E-state index contributed by atoms with van der Waals surface area (Å²) in [6.07, 6.45) is 1.55. The Kier molecular flexibility index (Phi) is 4.82. The zero-order valence-electron chi connectivity index (χ0n) is 18.6. The Morgan fingerprint density at radius 3 is 2.47 bits per heavy atom. The van der Waals surface area contributed by atoms with E-state index < -0.39 is 15.8 Å². The summed E-state index contributed by atoms with van der Waals surface area (Å²) in [5, 5.41) is 0. The number of nitrogens with zero attached hydrogens (tertiary/aromatic N) is 1. The summed E-state index contributed by atoms with van der Waals surface area (Å²) >= 11 is 0. The maximum atomic E-state index is 13.6. The predicted octanol–water partition coefficient (Wildman–Crippen LogP) is 4.97. The van der Waals surface area contributed by atoms with Crippen LogP contribution in [0.15, 0.2) is 76.5 Å². The smallest absolute Gasteiger partial charge is 0.177 e. The van der Waals surface area contributed by atoms with E-state index in [4.69, 9.17) is 4.74 Å². The van der Waals surface area contributed by atoms with E-state index in [1.54, 1.807) is 7.11 Å². The summed E-state index contributed by atoms with van der Waals surface area (Å²) in [5.41, 5.74) is 3.84. The number of ketones is 1. The lowest BCUT2D eigenvalue weighted by Crippen LogP contribution is -2.39. The second-order valence-electron chi connectivity index (χ2n) is 9.56. The van der Waals surface area contributed by atoms with Crippen LogP contribution >= 0.6 is 0 Å². The van der Waals surface area contributed by atoms with E-state index in [-0.39, 0.29) is 17.0 Å². The standard InChI is InChI=1S/C26H27NO4S/c1-26(2)15-21-24(22(28)16-26)23(17-8-7-11-19(14-17)31-3)25-20(12-13-32(25,29)30)27(21)18-9-5-4-6-10-18/h4-11,14,23H,12-13,15-16H2,1-3H3/t23-/m1/s1. The lowest BCUT2D eigenvalue weighted by molar-refractivity contribution is -0.118. The first-order valence-corrected chi connectivity index (χ1v) is 12.6. The highest BCUT2D eigenvalue weighted by Crippen LogP contribution is 2.54. The number of allylic oxidation sites excluding steroid dienone is 4. The van der Waals surface area contributed by atoms with Crippen molar-refractivity contribution in [2.75, 3.05) is 17.8 Å². The normalized spacial score (nSPS) is 23.8. The number of hydrogen-bond donors (Lipinski definition) is 0. The summed E-state index contributed by atoms with van der Waals surface area (Å²) in [6, 6.07) is 17.3. The highest BCUT2D eigenvalue weighted by atomic mass is 32.2. The molecule has 5 nitrogen and oxygen atoms in total. The summed E-state index contributed by atoms with van der Waals surface area (Å²) < 4.78 is 32.2. The van der Waals surface area contributed by atoms with Gasteiger partial charge in [-0.3, -0.25) is 4.79 Å². The number of hydrogen-bond acceptors (Lipinski definition) is 5. The molecular formula is C26H27NO4S. The zero-order chi connectivity index (χ0) is 22.7. The quantitative estimate of drug-likeness (QED) is 0.662. The van der Waals surface area contributed by atoms with Crippen molar-refractivity contribution < 1.29 is 17.9 Å². The van der Waals surface area contributed by atoms with Gasteiger partial charge in [-0.25, -0.2) is 8.42 Å². The Hall–Kier alpha value is -2.86. The van der Waals surface area contributed by atoms with Crippen molar-refractivity contribution in [3.05, 3.63) is 82.0 Å². The average molecular weight is 450 g/mol. The topological polar surface area (TPSA) is 63.7 Å². The van der Waals surface area contributed by atoms with Crippen LogP contribution < -0.4 is 9.64 Å². The third-order valence-electron chi connectivity index (χ3n) is 6.66. The van der Waals surface area contributed by atoms with Gasteiger partial charge in [0.1, 0.15) is 5.75 Å². The molecule has 2 heterocycles. The van der Waals surface area contributed by atoms with Crippen LogP contribution in [0, 0.1) is 5.41 Å². The molecule has 2 aromatic carbocycles. The van der Waals surface area contributed by atoms with Crippen molar-refractivity contribution >= 4 is 21.3 Å². The Labute approximate surface area is 189 Å². The van der Waals surface area contributed by atoms with E-state index in [9.17, 15) is 13.2 Å². The second-order valence-corrected chi connectivity index (χ2v) is 11.6. The number of benzene rings is 2. The largest absolute Gasteiger partial charge is 0.497 e. The molecule has 1 atom stereocenters. The molecule has 0 N–H and O–H groups in total. The SMILES string of the molecule is COc1cccc([C@@H]2C3=C(CC(C)(C)CC3=O)N(c3ccccc3)C3=C2S(=O)(=O)CC3)c1. The fourth-order valence-electron chi connectivity index (χ4n) is 5.36. The first kappa shape index (κ1) is 21.0. The van der Waals surface area contributed by atoms with Gasteiger partial charge in [0.05, 0.1) is 23.7 Å². The first-order valence-electron chi connectivity index (χ1n) is 10.9. The summed E-state index contributed by atoms with van der Waals surface area (Å²) in [7, 11) is -1.91. The van der Waals surface area contributed by atoms with Crippen molar-refractivity contribution in [3.8, 4) is 5.75 Å². The van der Waals surface area contributed by atoms with Gasteiger partial charge in [-0.15, -0.1) is 0 Å². The molecule has 2 aliphatic heterocycles. The highest BCUT2D eigenvalue weighted by Gasteiger charge is 2.50. The monoisotopic (exact) mass is 449 g/mol. The number of sulfone groups is 1. The molecule has 0 saturated carbocycles. The molecule has 5 rings (SSSR count). The molecule has 0 saturated heterocycles. The fourth-order valence-corrected chi connectivity index (χ4v) is 7.21. The molecular weight excluding hydrogens is 422 g/mol. The average Bonchev–Trinajstić information content (AvgIpc) is 3.07. The minimum atomic E-state index is -3.50. The van der Waals surface area contributed by atoms with Crippen LogP contribution in [0.1, 0.15) is 44.6 Å². The summed E-state index contributed by atoms with van der Waals surface area (Å²) in [6.45, 7) is 4.21. The molecule has 3 aliphatic rings. The third kappa shape index (κ3) is 3.28. The van der Waals surface area contributed by atoms with E-state index in [0.29, 0.717) is 35.5 Å². The van der Waals surface area contributed by atoms with Gasteiger partial charge in [0.15, 0.2) is 15.6 Å². The maximum absolute atomic E-state index is 13.6. The lowest BCUT2D eigenvalue weighted by atomic mass is 9.70. The zero-order valence-corrected chi connectivity index (χ0v) is 19.4. The van der Waals surface area contributed by atoms with Crippen LogP contribution in [0.4, 0.5) is 5.69 Å². The van der Waals surface area contributed by atoms with Crippen molar-refractivity contribution in [1.82, 2.24) is 0 Å². The van der Waals surface area contributed by atoms with Crippen LogP contribution in [0.25, 0.3) is 0 Å². The molecule has 0 bridgehead atoms. The van der Waals surface area contributed by atoms with Gasteiger partial charge in [-0.05, 0) is 41.7 Å². The lowest BCUT2D eigenvalue weighted by Gasteiger charge is -2.44. The van der Waals surface area contributed by atoms with Gasteiger partial charge in [-0.1, -0.05) is 44.2 Å². The van der Waals surface area contributed by atoms with Gasteiger partial charge < -0.3 is 9.64 Å². The number of rotatable bonds is 3. The van der Waals surface area contributed by atoms with Gasteiger partial charge in [0.25, 0.3) is 0 Å². The first-order chi connectivity index (χ1) is 15.2. The number of anilines is 1. The van der Waals surface area contributed by atoms with Gasteiger partial charge in [-0.2, -0.15) is 0 Å².